The molecule has 2 heterocycles. The highest BCUT2D eigenvalue weighted by Gasteiger charge is 2.23. The highest BCUT2D eigenvalue weighted by Crippen LogP contribution is 2.39. The van der Waals surface area contributed by atoms with Crippen LogP contribution >= 0.6 is 0 Å². The fraction of sp³-hybridized carbons (Fsp3) is 0.526. The first kappa shape index (κ1) is 18.3. The molecule has 0 aliphatic carbocycles. The molecule has 132 valence electrons. The Balaban J connectivity index is 0.00000100. The Morgan fingerprint density at radius 1 is 1.25 bits per heavy atom. The third kappa shape index (κ3) is 4.29. The second-order valence-electron chi connectivity index (χ2n) is 5.63. The average molecular weight is 330 g/mol. The quantitative estimate of drug-likeness (QED) is 0.861. The number of allylic oxidation sites excluding steroid dienone is 1. The maximum absolute atomic E-state index is 5.73. The number of anilines is 2. The molecule has 0 saturated carbocycles. The maximum Gasteiger partial charge on any atom is 0.168 e. The molecule has 0 radical (unpaired) electrons. The van der Waals surface area contributed by atoms with Gasteiger partial charge in [-0.25, -0.2) is 0 Å². The van der Waals surface area contributed by atoms with Crippen LogP contribution in [0.25, 0.3) is 0 Å². The van der Waals surface area contributed by atoms with Crippen molar-refractivity contribution in [3.63, 3.8) is 0 Å². The van der Waals surface area contributed by atoms with E-state index in [1.54, 1.807) is 0 Å². The highest BCUT2D eigenvalue weighted by molar-refractivity contribution is 5.78. The minimum absolute atomic E-state index is 0.577. The summed E-state index contributed by atoms with van der Waals surface area (Å²) in [6.07, 6.45) is 4.10. The number of ether oxygens (including phenoxy) is 1. The van der Waals surface area contributed by atoms with Crippen molar-refractivity contribution in [3.8, 4) is 5.75 Å². The molecule has 3 rings (SSSR count). The summed E-state index contributed by atoms with van der Waals surface area (Å²) in [5, 5.41) is 3.25. The number of piperazine rings is 1. The van der Waals surface area contributed by atoms with Crippen LogP contribution in [-0.2, 0) is 0 Å². The van der Waals surface area contributed by atoms with Crippen LogP contribution in [0, 0.1) is 0 Å². The van der Waals surface area contributed by atoms with Gasteiger partial charge in [0, 0.05) is 46.0 Å². The maximum atomic E-state index is 5.73. The predicted octanol–water partition coefficient (Wildman–Crippen LogP) is 3.24. The molecule has 0 bridgehead atoms. The minimum atomic E-state index is 0.577. The third-order valence-electron chi connectivity index (χ3n) is 4.26. The van der Waals surface area contributed by atoms with Crippen molar-refractivity contribution < 1.29 is 4.74 Å². The van der Waals surface area contributed by atoms with Crippen molar-refractivity contribution in [1.82, 2.24) is 4.90 Å². The van der Waals surface area contributed by atoms with Gasteiger partial charge in [-0.05, 0) is 24.6 Å². The van der Waals surface area contributed by atoms with E-state index in [1.165, 1.54) is 11.3 Å². The number of hydrogen-bond donors (Lipinski definition) is 1. The van der Waals surface area contributed by atoms with Gasteiger partial charge in [0.15, 0.2) is 12.5 Å². The zero-order valence-corrected chi connectivity index (χ0v) is 15.4. The van der Waals surface area contributed by atoms with E-state index >= 15 is 0 Å². The molecule has 0 amide bonds. The summed E-state index contributed by atoms with van der Waals surface area (Å²) in [4.78, 5) is 9.02. The molecular formula is C19H30N4O. The number of nitrogens with zero attached hydrogens (tertiary/aromatic N) is 3. The zero-order chi connectivity index (χ0) is 17.4. The molecule has 24 heavy (non-hydrogen) atoms. The van der Waals surface area contributed by atoms with Gasteiger partial charge in [0.1, 0.15) is 0 Å². The molecule has 1 fully saturated rings. The van der Waals surface area contributed by atoms with E-state index in [0.29, 0.717) is 6.73 Å². The van der Waals surface area contributed by atoms with E-state index in [2.05, 4.69) is 51.3 Å². The molecule has 1 aromatic rings. The van der Waals surface area contributed by atoms with Crippen LogP contribution in [0.15, 0.2) is 34.8 Å². The molecule has 0 unspecified atom stereocenters. The second-order valence-corrected chi connectivity index (χ2v) is 5.63. The molecule has 2 aliphatic heterocycles. The number of benzene rings is 1. The van der Waals surface area contributed by atoms with Crippen LogP contribution in [-0.4, -0.2) is 57.6 Å². The monoisotopic (exact) mass is 330 g/mol. The Morgan fingerprint density at radius 3 is 2.67 bits per heavy atom. The summed E-state index contributed by atoms with van der Waals surface area (Å²) >= 11 is 0. The van der Waals surface area contributed by atoms with Crippen LogP contribution in [0.2, 0.25) is 0 Å². The van der Waals surface area contributed by atoms with Gasteiger partial charge >= 0.3 is 0 Å². The summed E-state index contributed by atoms with van der Waals surface area (Å²) in [6, 6.07) is 6.32. The van der Waals surface area contributed by atoms with Gasteiger partial charge in [-0.3, -0.25) is 9.89 Å². The summed E-state index contributed by atoms with van der Waals surface area (Å²) in [6.45, 7) is 11.8. The van der Waals surface area contributed by atoms with E-state index in [1.807, 2.05) is 27.1 Å². The summed E-state index contributed by atoms with van der Waals surface area (Å²) < 4.78 is 5.73. The molecule has 0 spiro atoms. The normalized spacial score (nSPS) is 17.8. The molecule has 5 heteroatoms. The molecule has 5 nitrogen and oxygen atoms in total. The SMILES string of the molecule is C/C=C(\C=NC)CN1CCN(c2cccc3c2OCN3)CC1.CC. The first-order valence-corrected chi connectivity index (χ1v) is 8.86. The lowest BCUT2D eigenvalue weighted by Crippen LogP contribution is -2.47. The average Bonchev–Trinajstić information content (AvgIpc) is 3.12. The lowest BCUT2D eigenvalue weighted by Gasteiger charge is -2.36. The summed E-state index contributed by atoms with van der Waals surface area (Å²) in [5.41, 5.74) is 3.60. The van der Waals surface area contributed by atoms with Gasteiger partial charge in [-0.15, -0.1) is 0 Å². The standard InChI is InChI=1S/C17H24N4O.C2H6/c1-3-14(11-18-2)12-20-7-9-21(10-8-20)16-6-4-5-15-17(16)22-13-19-15;1-2/h3-6,11,19H,7-10,12-13H2,1-2H3;1-2H3/b14-3+,18-11?;. The first-order valence-electron chi connectivity index (χ1n) is 8.86. The van der Waals surface area contributed by atoms with Crippen molar-refractivity contribution in [2.45, 2.75) is 20.8 Å². The molecule has 1 saturated heterocycles. The lowest BCUT2D eigenvalue weighted by molar-refractivity contribution is 0.280. The predicted molar refractivity (Wildman–Crippen MR) is 104 cm³/mol. The second kappa shape index (κ2) is 9.33. The van der Waals surface area contributed by atoms with Crippen molar-refractivity contribution in [3.05, 3.63) is 29.8 Å². The van der Waals surface area contributed by atoms with Gasteiger partial charge < -0.3 is 15.0 Å². The van der Waals surface area contributed by atoms with E-state index < -0.39 is 0 Å². The Morgan fingerprint density at radius 2 is 2.00 bits per heavy atom. The molecule has 0 aromatic heterocycles. The van der Waals surface area contributed by atoms with Crippen molar-refractivity contribution in [1.29, 1.82) is 0 Å². The van der Waals surface area contributed by atoms with Crippen LogP contribution in [0.4, 0.5) is 11.4 Å². The van der Waals surface area contributed by atoms with E-state index in [9.17, 15) is 0 Å². The largest absolute Gasteiger partial charge is 0.469 e. The van der Waals surface area contributed by atoms with E-state index in [0.717, 1.165) is 44.2 Å². The topological polar surface area (TPSA) is 40.1 Å². The molecule has 1 N–H and O–H groups in total. The van der Waals surface area contributed by atoms with Crippen LogP contribution in [0.5, 0.6) is 5.75 Å². The molecular weight excluding hydrogens is 300 g/mol. The number of hydrogen-bond acceptors (Lipinski definition) is 5. The van der Waals surface area contributed by atoms with Crippen molar-refractivity contribution in [2.75, 3.05) is 56.7 Å². The Bertz CT molecular complexity index is 575. The number of para-hydroxylation sites is 1. The fourth-order valence-corrected chi connectivity index (χ4v) is 3.03. The molecule has 0 atom stereocenters. The smallest absolute Gasteiger partial charge is 0.168 e. The number of aliphatic imine (C=N–C) groups is 1. The van der Waals surface area contributed by atoms with E-state index in [4.69, 9.17) is 4.74 Å². The van der Waals surface area contributed by atoms with Crippen LogP contribution in [0.3, 0.4) is 0 Å². The number of fused-ring (bicyclic) bond motifs is 1. The first-order chi connectivity index (χ1) is 11.8. The van der Waals surface area contributed by atoms with Crippen LogP contribution < -0.4 is 15.0 Å². The van der Waals surface area contributed by atoms with Gasteiger partial charge in [0.25, 0.3) is 0 Å². The zero-order valence-electron chi connectivity index (χ0n) is 15.4. The van der Waals surface area contributed by atoms with Gasteiger partial charge in [-0.2, -0.15) is 0 Å². The highest BCUT2D eigenvalue weighted by atomic mass is 16.5. The molecule has 2 aliphatic rings. The lowest BCUT2D eigenvalue weighted by atomic mass is 10.2. The minimum Gasteiger partial charge on any atom is -0.469 e. The summed E-state index contributed by atoms with van der Waals surface area (Å²) in [5.74, 6) is 1.00. The van der Waals surface area contributed by atoms with Crippen LogP contribution in [0.1, 0.15) is 20.8 Å². The number of rotatable bonds is 4. The Hall–Kier alpha value is -2.01. The Kier molecular flexibility index (Phi) is 7.12. The van der Waals surface area contributed by atoms with Gasteiger partial charge in [0.2, 0.25) is 0 Å². The van der Waals surface area contributed by atoms with E-state index in [-0.39, 0.29) is 0 Å². The van der Waals surface area contributed by atoms with Crippen molar-refractivity contribution in [2.24, 2.45) is 4.99 Å². The summed E-state index contributed by atoms with van der Waals surface area (Å²) in [7, 11) is 1.82. The fourth-order valence-electron chi connectivity index (χ4n) is 3.03. The van der Waals surface area contributed by atoms with Gasteiger partial charge in [-0.1, -0.05) is 26.0 Å². The van der Waals surface area contributed by atoms with Gasteiger partial charge in [0.05, 0.1) is 11.4 Å². The Labute approximate surface area is 146 Å². The van der Waals surface area contributed by atoms with Crippen molar-refractivity contribution >= 4 is 17.6 Å². The third-order valence-corrected chi connectivity index (χ3v) is 4.26. The molecule has 1 aromatic carbocycles. The number of nitrogens with one attached hydrogen (secondary N) is 1.